The number of nitrogens with zero attached hydrogens (tertiary/aromatic N) is 1. The summed E-state index contributed by atoms with van der Waals surface area (Å²) < 4.78 is 69.6. The third-order valence-corrected chi connectivity index (χ3v) is 6.60. The van der Waals surface area contributed by atoms with Gasteiger partial charge in [0.05, 0.1) is 38.0 Å². The lowest BCUT2D eigenvalue weighted by atomic mass is 10.0. The molecule has 2 aromatic carbocycles. The molecule has 0 radical (unpaired) electrons. The fraction of sp³-hybridized carbons (Fsp3) is 0.429. The van der Waals surface area contributed by atoms with Crippen molar-refractivity contribution in [1.82, 2.24) is 0 Å². The van der Waals surface area contributed by atoms with Gasteiger partial charge < -0.3 is 29.1 Å². The number of hydrogen-bond donors (Lipinski definition) is 3. The van der Waals surface area contributed by atoms with Crippen molar-refractivity contribution in [1.29, 1.82) is 0 Å². The highest BCUT2D eigenvalue weighted by atomic mass is 32.2. The molecule has 0 bridgehead atoms. The van der Waals surface area contributed by atoms with Crippen LogP contribution in [0, 0.1) is 13.8 Å². The number of phenolic OH excluding ortho intramolecular Hbond substituents is 2. The monoisotopic (exact) mass is 504 g/mol. The van der Waals surface area contributed by atoms with E-state index in [0.717, 1.165) is 16.6 Å². The third-order valence-electron chi connectivity index (χ3n) is 4.77. The lowest BCUT2D eigenvalue weighted by Crippen LogP contribution is -2.81. The van der Waals surface area contributed by atoms with Crippen LogP contribution in [0.4, 0.5) is 0 Å². The average Bonchev–Trinajstić information content (AvgIpc) is 2.63. The number of quaternary nitrogens is 2. The maximum absolute atomic E-state index is 11.4. The summed E-state index contributed by atoms with van der Waals surface area (Å²) in [6, 6.07) is 4.02. The molecule has 0 saturated carbocycles. The van der Waals surface area contributed by atoms with Crippen LogP contribution in [-0.4, -0.2) is 81.9 Å². The van der Waals surface area contributed by atoms with Gasteiger partial charge in [-0.2, -0.15) is 0 Å². The summed E-state index contributed by atoms with van der Waals surface area (Å²) in [5.74, 6) is -0.812. The molecule has 0 heterocycles. The van der Waals surface area contributed by atoms with E-state index in [-0.39, 0.29) is 28.7 Å². The first-order valence-corrected chi connectivity index (χ1v) is 12.8. The zero-order chi connectivity index (χ0) is 25.8. The molecule has 10 nitrogen and oxygen atoms in total. The molecular weight excluding hydrogens is 472 g/mol. The van der Waals surface area contributed by atoms with E-state index in [1.807, 2.05) is 0 Å². The van der Waals surface area contributed by atoms with Gasteiger partial charge in [-0.05, 0) is 54.7 Å². The Morgan fingerprint density at radius 3 is 1.42 bits per heavy atom. The Balaban J connectivity index is 0.000000582. The number of rotatable bonds is 7. The van der Waals surface area contributed by atoms with Gasteiger partial charge in [-0.3, -0.25) is 0 Å². The molecule has 0 aliphatic carbocycles. The van der Waals surface area contributed by atoms with Crippen molar-refractivity contribution >= 4 is 20.2 Å². The van der Waals surface area contributed by atoms with Crippen LogP contribution in [0.3, 0.4) is 0 Å². The summed E-state index contributed by atoms with van der Waals surface area (Å²) >= 11 is 0. The number of aryl methyl sites for hydroxylation is 2. The highest BCUT2D eigenvalue weighted by Crippen LogP contribution is 2.31. The number of likely N-dealkylation sites (N-methyl/N-ethyl adjacent to an activating group) is 2. The van der Waals surface area contributed by atoms with E-state index in [1.54, 1.807) is 0 Å². The van der Waals surface area contributed by atoms with Gasteiger partial charge in [-0.1, -0.05) is 12.1 Å². The quantitative estimate of drug-likeness (QED) is 0.349. The highest BCUT2D eigenvalue weighted by Gasteiger charge is 2.18. The van der Waals surface area contributed by atoms with Crippen molar-refractivity contribution in [3.05, 3.63) is 46.5 Å². The van der Waals surface area contributed by atoms with Gasteiger partial charge in [0.1, 0.15) is 44.8 Å². The van der Waals surface area contributed by atoms with E-state index in [4.69, 9.17) is 0 Å². The first kappa shape index (κ1) is 28.8. The van der Waals surface area contributed by atoms with Crippen molar-refractivity contribution in [2.45, 2.75) is 30.1 Å². The topological polar surface area (TPSA) is 171 Å². The maximum atomic E-state index is 11.4. The molecule has 186 valence electrons. The zero-order valence-electron chi connectivity index (χ0n) is 19.6. The first-order chi connectivity index (χ1) is 14.9. The summed E-state index contributed by atoms with van der Waals surface area (Å²) in [5, 5.41) is 21.5. The fourth-order valence-corrected chi connectivity index (χ4v) is 4.35. The molecule has 33 heavy (non-hydrogen) atoms. The molecule has 0 atom stereocenters. The Labute approximate surface area is 195 Å². The second kappa shape index (κ2) is 10.8. The Bertz CT molecular complexity index is 1120. The molecular formula is C21H32N2O8S2. The second-order valence-electron chi connectivity index (χ2n) is 8.79. The average molecular weight is 505 g/mol. The number of benzene rings is 2. The van der Waals surface area contributed by atoms with Gasteiger partial charge in [-0.15, -0.1) is 0 Å². The molecule has 0 amide bonds. The van der Waals surface area contributed by atoms with Crippen molar-refractivity contribution in [2.24, 2.45) is 0 Å². The van der Waals surface area contributed by atoms with Gasteiger partial charge in [0.15, 0.2) is 0 Å². The zero-order valence-corrected chi connectivity index (χ0v) is 21.2. The SMILES string of the molecule is C[NH2+]CC[N+](C)(C)C.Cc1cc(Cc2cc(C)c(O)cc2S(=O)(=O)[O-])c(S(=O)(=O)[O-])cc1O. The van der Waals surface area contributed by atoms with E-state index in [9.17, 15) is 36.2 Å². The summed E-state index contributed by atoms with van der Waals surface area (Å²) in [6.45, 7) is 5.40. The molecule has 0 saturated heterocycles. The molecule has 0 unspecified atom stereocenters. The van der Waals surface area contributed by atoms with Crippen LogP contribution in [0.1, 0.15) is 22.3 Å². The van der Waals surface area contributed by atoms with Gasteiger partial charge in [0.2, 0.25) is 0 Å². The predicted octanol–water partition coefficient (Wildman–Crippen LogP) is -0.000560. The van der Waals surface area contributed by atoms with Crippen molar-refractivity contribution < 1.29 is 46.0 Å². The van der Waals surface area contributed by atoms with Crippen LogP contribution in [0.5, 0.6) is 11.5 Å². The van der Waals surface area contributed by atoms with Crippen molar-refractivity contribution in [3.63, 3.8) is 0 Å². The standard InChI is InChI=1S/C15H16O8S2.C6H17N2/c1-8-3-10(14(6-12(8)16)24(18,19)20)5-11-4-9(2)13(17)7-15(11)25(21,22)23;1-7-5-6-8(2,3)4/h3-4,6-7,16-17H,5H2,1-2H3,(H,18,19,20)(H,21,22,23);7H,5-6H2,1-4H3/q;+1/p-1. The van der Waals surface area contributed by atoms with Crippen LogP contribution in [0.15, 0.2) is 34.1 Å². The molecule has 0 fully saturated rings. The Hall–Kier alpha value is -2.22. The molecule has 12 heteroatoms. The lowest BCUT2D eigenvalue weighted by Gasteiger charge is -2.21. The molecule has 0 aliphatic rings. The maximum Gasteiger partial charge on any atom is 0.128 e. The minimum atomic E-state index is -4.95. The molecule has 0 spiro atoms. The Morgan fingerprint density at radius 2 is 1.18 bits per heavy atom. The smallest absolute Gasteiger partial charge is 0.128 e. The van der Waals surface area contributed by atoms with Crippen LogP contribution in [0.2, 0.25) is 0 Å². The van der Waals surface area contributed by atoms with Gasteiger partial charge in [-0.25, -0.2) is 16.8 Å². The number of hydrogen-bond acceptors (Lipinski definition) is 8. The van der Waals surface area contributed by atoms with Crippen molar-refractivity contribution in [2.75, 3.05) is 41.3 Å². The predicted molar refractivity (Wildman–Crippen MR) is 120 cm³/mol. The van der Waals surface area contributed by atoms with Crippen LogP contribution < -0.4 is 5.32 Å². The summed E-state index contributed by atoms with van der Waals surface area (Å²) in [6.07, 6.45) is -0.365. The minimum Gasteiger partial charge on any atom is -0.744 e. The molecule has 0 aromatic heterocycles. The third kappa shape index (κ3) is 8.91. The van der Waals surface area contributed by atoms with Crippen LogP contribution in [0.25, 0.3) is 0 Å². The second-order valence-corrected chi connectivity index (χ2v) is 11.5. The van der Waals surface area contributed by atoms with Gasteiger partial charge in [0, 0.05) is 0 Å². The summed E-state index contributed by atoms with van der Waals surface area (Å²) in [7, 11) is -1.15. The first-order valence-electron chi connectivity index (χ1n) is 10.0. The Morgan fingerprint density at radius 1 is 0.818 bits per heavy atom. The van der Waals surface area contributed by atoms with Crippen LogP contribution in [-0.2, 0) is 26.7 Å². The highest BCUT2D eigenvalue weighted by molar-refractivity contribution is 7.86. The largest absolute Gasteiger partial charge is 0.744 e. The minimum absolute atomic E-state index is 0.0692. The normalized spacial score (nSPS) is 12.2. The molecule has 0 aliphatic heterocycles. The van der Waals surface area contributed by atoms with E-state index < -0.39 is 41.5 Å². The molecule has 2 rings (SSSR count). The van der Waals surface area contributed by atoms with E-state index in [1.165, 1.54) is 39.1 Å². The van der Waals surface area contributed by atoms with E-state index in [2.05, 4.69) is 33.5 Å². The fourth-order valence-electron chi connectivity index (χ4n) is 2.94. The van der Waals surface area contributed by atoms with E-state index >= 15 is 0 Å². The van der Waals surface area contributed by atoms with Crippen LogP contribution >= 0.6 is 0 Å². The van der Waals surface area contributed by atoms with Crippen molar-refractivity contribution in [3.8, 4) is 11.5 Å². The molecule has 2 aromatic rings. The number of nitrogens with two attached hydrogens (primary N) is 1. The summed E-state index contributed by atoms with van der Waals surface area (Å²) in [5.41, 5.74) is 0.398. The number of phenols is 2. The summed E-state index contributed by atoms with van der Waals surface area (Å²) in [4.78, 5) is -1.42. The van der Waals surface area contributed by atoms with Gasteiger partial charge in [0.25, 0.3) is 0 Å². The Kier molecular flexibility index (Phi) is 9.43. The number of aromatic hydroxyl groups is 2. The molecule has 4 N–H and O–H groups in total. The lowest BCUT2D eigenvalue weighted by molar-refractivity contribution is -0.883. The van der Waals surface area contributed by atoms with E-state index in [0.29, 0.717) is 0 Å². The van der Waals surface area contributed by atoms with Gasteiger partial charge >= 0.3 is 0 Å².